The van der Waals surface area contributed by atoms with Crippen molar-refractivity contribution in [1.29, 1.82) is 0 Å². The molecule has 15 heteroatoms. The van der Waals surface area contributed by atoms with Crippen molar-refractivity contribution >= 4 is 15.7 Å². The molecule has 2 aromatic carbocycles. The third kappa shape index (κ3) is 6.34. The van der Waals surface area contributed by atoms with E-state index in [-0.39, 0.29) is 42.7 Å². The van der Waals surface area contributed by atoms with Crippen LogP contribution in [0.3, 0.4) is 0 Å². The monoisotopic (exact) mass is 604 g/mol. The number of likely N-dealkylation sites (tertiary alicyclic amines) is 1. The highest BCUT2D eigenvalue weighted by Crippen LogP contribution is 2.40. The molecule has 0 unspecified atom stereocenters. The predicted molar refractivity (Wildman–Crippen MR) is 135 cm³/mol. The summed E-state index contributed by atoms with van der Waals surface area (Å²) in [5, 5.41) is 2.31. The smallest absolute Gasteiger partial charge is 0.339 e. The Bertz CT molecular complexity index is 1600. The minimum Gasteiger partial charge on any atom is -0.339 e. The predicted octanol–water partition coefficient (Wildman–Crippen LogP) is 4.79. The molecule has 41 heavy (non-hydrogen) atoms. The number of benzene rings is 2. The molecule has 1 amide bonds. The molecule has 0 saturated carbocycles. The first-order chi connectivity index (χ1) is 18.9. The van der Waals surface area contributed by atoms with Crippen LogP contribution in [0.4, 0.5) is 26.3 Å². The number of alkyl halides is 6. The molecular weight excluding hydrogens is 578 g/mol. The Hall–Kier alpha value is -3.62. The maximum Gasteiger partial charge on any atom is 0.416 e. The Kier molecular flexibility index (Phi) is 7.88. The van der Waals surface area contributed by atoms with Gasteiger partial charge in [0.15, 0.2) is 9.84 Å². The molecule has 1 saturated heterocycles. The normalized spacial score (nSPS) is 15.8. The summed E-state index contributed by atoms with van der Waals surface area (Å²) in [5.74, 6) is -1.06. The Morgan fingerprint density at radius 3 is 2.24 bits per heavy atom. The van der Waals surface area contributed by atoms with E-state index in [2.05, 4.69) is 10.1 Å². The zero-order chi connectivity index (χ0) is 30.4. The number of piperidine rings is 1. The third-order valence-electron chi connectivity index (χ3n) is 7.39. The summed E-state index contributed by atoms with van der Waals surface area (Å²) in [6.45, 7) is 3.07. The molecule has 0 atom stereocenters. The summed E-state index contributed by atoms with van der Waals surface area (Å²) in [6, 6.07) is 7.09. The minimum atomic E-state index is -4.71. The van der Waals surface area contributed by atoms with Gasteiger partial charge in [0.2, 0.25) is 0 Å². The molecule has 1 aliphatic heterocycles. The molecule has 0 spiro atoms. The summed E-state index contributed by atoms with van der Waals surface area (Å²) in [5.41, 5.74) is -2.00. The van der Waals surface area contributed by atoms with Crippen LogP contribution in [-0.4, -0.2) is 58.0 Å². The number of carbonyl (C=O) groups excluding carboxylic acids is 1. The van der Waals surface area contributed by atoms with Crippen LogP contribution in [0.5, 0.6) is 0 Å². The van der Waals surface area contributed by atoms with E-state index in [0.29, 0.717) is 6.07 Å². The van der Waals surface area contributed by atoms with E-state index < -0.39 is 61.3 Å². The van der Waals surface area contributed by atoms with Gasteiger partial charge in [-0.3, -0.25) is 4.79 Å². The van der Waals surface area contributed by atoms with Crippen molar-refractivity contribution in [2.45, 2.75) is 55.1 Å². The van der Waals surface area contributed by atoms with Crippen molar-refractivity contribution in [2.75, 3.05) is 13.1 Å². The summed E-state index contributed by atoms with van der Waals surface area (Å²) in [6.07, 6.45) is -9.02. The lowest BCUT2D eigenvalue weighted by Crippen LogP contribution is -2.47. The fourth-order valence-corrected chi connectivity index (χ4v) is 6.82. The first-order valence-corrected chi connectivity index (χ1v) is 13.9. The largest absolute Gasteiger partial charge is 0.416 e. The van der Waals surface area contributed by atoms with Gasteiger partial charge in [-0.15, -0.1) is 0 Å². The van der Waals surface area contributed by atoms with Crippen LogP contribution in [0, 0.1) is 5.92 Å². The average molecular weight is 605 g/mol. The topological polar surface area (TPSA) is 105 Å². The van der Waals surface area contributed by atoms with Gasteiger partial charge in [0.1, 0.15) is 6.33 Å². The maximum absolute atomic E-state index is 13.5. The molecule has 0 radical (unpaired) electrons. The van der Waals surface area contributed by atoms with Crippen LogP contribution in [0.25, 0.3) is 5.69 Å². The Morgan fingerprint density at radius 2 is 1.68 bits per heavy atom. The number of sulfone groups is 1. The van der Waals surface area contributed by atoms with E-state index in [1.165, 1.54) is 24.8 Å². The van der Waals surface area contributed by atoms with E-state index in [1.54, 1.807) is 0 Å². The molecule has 2 heterocycles. The highest BCUT2D eigenvalue weighted by molar-refractivity contribution is 7.92. The van der Waals surface area contributed by atoms with Crippen LogP contribution >= 0.6 is 0 Å². The Balaban J connectivity index is 1.55. The highest BCUT2D eigenvalue weighted by atomic mass is 32.2. The van der Waals surface area contributed by atoms with Gasteiger partial charge < -0.3 is 4.90 Å². The maximum atomic E-state index is 13.5. The summed E-state index contributed by atoms with van der Waals surface area (Å²) in [7, 11) is -4.21. The number of hydrogen-bond acceptors (Lipinski definition) is 5. The van der Waals surface area contributed by atoms with E-state index >= 15 is 0 Å². The molecule has 4 rings (SSSR count). The number of aromatic nitrogens is 3. The number of hydrogen-bond donors (Lipinski definition) is 1. The number of nitrogens with one attached hydrogen (secondary N) is 1. The highest BCUT2D eigenvalue weighted by Gasteiger charge is 2.45. The average Bonchev–Trinajstić information content (AvgIpc) is 3.33. The van der Waals surface area contributed by atoms with Crippen LogP contribution in [0.15, 0.2) is 58.5 Å². The molecule has 0 bridgehead atoms. The summed E-state index contributed by atoms with van der Waals surface area (Å²) in [4.78, 5) is 29.5. The van der Waals surface area contributed by atoms with E-state index in [4.69, 9.17) is 0 Å². The van der Waals surface area contributed by atoms with Gasteiger partial charge >= 0.3 is 18.0 Å². The molecule has 222 valence electrons. The number of halogens is 6. The zero-order valence-corrected chi connectivity index (χ0v) is 22.7. The second kappa shape index (κ2) is 10.7. The first-order valence-electron chi connectivity index (χ1n) is 12.4. The van der Waals surface area contributed by atoms with Gasteiger partial charge in [0.05, 0.1) is 32.9 Å². The van der Waals surface area contributed by atoms with E-state index in [1.807, 2.05) is 0 Å². The molecule has 8 nitrogen and oxygen atoms in total. The molecule has 1 aromatic heterocycles. The fraction of sp³-hybridized carbons (Fsp3) is 0.423. The first kappa shape index (κ1) is 30.3. The Labute approximate surface area is 230 Å². The quantitative estimate of drug-likeness (QED) is 0.408. The van der Waals surface area contributed by atoms with Crippen molar-refractivity contribution in [3.05, 3.63) is 76.0 Å². The van der Waals surface area contributed by atoms with Gasteiger partial charge in [-0.25, -0.2) is 23.0 Å². The van der Waals surface area contributed by atoms with Gasteiger partial charge in [0, 0.05) is 13.1 Å². The van der Waals surface area contributed by atoms with Crippen LogP contribution in [-0.2, 0) is 22.4 Å². The van der Waals surface area contributed by atoms with Crippen molar-refractivity contribution in [2.24, 2.45) is 5.92 Å². The summed E-state index contributed by atoms with van der Waals surface area (Å²) >= 11 is 0. The van der Waals surface area contributed by atoms with Gasteiger partial charge in [-0.1, -0.05) is 12.1 Å². The fourth-order valence-electron chi connectivity index (χ4n) is 5.00. The van der Waals surface area contributed by atoms with E-state index in [9.17, 15) is 44.3 Å². The lowest BCUT2D eigenvalue weighted by molar-refractivity contribution is -0.137. The molecule has 1 N–H and O–H groups in total. The van der Waals surface area contributed by atoms with Crippen molar-refractivity contribution in [3.63, 3.8) is 0 Å². The van der Waals surface area contributed by atoms with Crippen molar-refractivity contribution < 1.29 is 39.6 Å². The number of amides is 1. The van der Waals surface area contributed by atoms with E-state index in [0.717, 1.165) is 41.3 Å². The number of rotatable bonds is 6. The SMILES string of the molecule is CC(C)(C1CCN(C(=O)c2ccc(CC(F)(F)F)cc2-n2cnc(=O)[nH]2)CC1)S(=O)(=O)c1cccc(C(F)(F)F)c1. The summed E-state index contributed by atoms with van der Waals surface area (Å²) < 4.78 is 105. The number of H-pyrrole nitrogens is 1. The third-order valence-corrected chi connectivity index (χ3v) is 9.99. The van der Waals surface area contributed by atoms with Gasteiger partial charge in [0.25, 0.3) is 5.91 Å². The number of aromatic amines is 1. The Morgan fingerprint density at radius 1 is 1.02 bits per heavy atom. The van der Waals surface area contributed by atoms with Crippen molar-refractivity contribution in [1.82, 2.24) is 19.7 Å². The number of carbonyl (C=O) groups is 1. The second-order valence-electron chi connectivity index (χ2n) is 10.4. The molecular formula is C26H26F6N4O4S. The number of nitrogens with zero attached hydrogens (tertiary/aromatic N) is 3. The standard InChI is InChI=1S/C26H26F6N4O4S/c1-24(2,41(39,40)19-5-3-4-18(13-19)26(30,31)32)17-8-10-35(11-9-17)22(37)20-7-6-16(14-25(27,28)29)12-21(20)36-15-33-23(38)34-36/h3-7,12-13,15,17H,8-11,14H2,1-2H3,(H,34,38). The van der Waals surface area contributed by atoms with Gasteiger partial charge in [-0.2, -0.15) is 31.3 Å². The second-order valence-corrected chi connectivity index (χ2v) is 12.9. The molecule has 1 aliphatic rings. The zero-order valence-electron chi connectivity index (χ0n) is 21.9. The van der Waals surface area contributed by atoms with Crippen LogP contribution < -0.4 is 5.69 Å². The lowest BCUT2D eigenvalue weighted by atomic mass is 9.85. The molecule has 1 fully saturated rings. The molecule has 0 aliphatic carbocycles. The molecule has 3 aromatic rings. The van der Waals surface area contributed by atoms with Gasteiger partial charge in [-0.05, 0) is 68.5 Å². The van der Waals surface area contributed by atoms with Crippen molar-refractivity contribution in [3.8, 4) is 5.69 Å². The minimum absolute atomic E-state index is 0.00104. The lowest BCUT2D eigenvalue weighted by Gasteiger charge is -2.40. The van der Waals surface area contributed by atoms with Crippen LogP contribution in [0.2, 0.25) is 0 Å². The van der Waals surface area contributed by atoms with Crippen LogP contribution in [0.1, 0.15) is 48.2 Å².